The molecular formula is C15H20N4. The number of nitriles is 1. The second-order valence-electron chi connectivity index (χ2n) is 4.94. The maximum Gasteiger partial charge on any atom is 0.201 e. The van der Waals surface area contributed by atoms with E-state index in [1.54, 1.807) is 6.07 Å². The lowest BCUT2D eigenvalue weighted by Crippen LogP contribution is -2.17. The Kier molecular flexibility index (Phi) is 3.75. The number of benzene rings is 1. The van der Waals surface area contributed by atoms with Crippen molar-refractivity contribution in [2.24, 2.45) is 5.92 Å². The summed E-state index contributed by atoms with van der Waals surface area (Å²) in [4.78, 5) is 4.37. The fourth-order valence-corrected chi connectivity index (χ4v) is 2.84. The van der Waals surface area contributed by atoms with E-state index in [4.69, 9.17) is 11.0 Å². The highest BCUT2D eigenvalue weighted by Crippen LogP contribution is 2.31. The predicted octanol–water partition coefficient (Wildman–Crippen LogP) is 3.49. The summed E-state index contributed by atoms with van der Waals surface area (Å²) in [7, 11) is 0. The highest BCUT2D eigenvalue weighted by molar-refractivity contribution is 5.84. The number of fused-ring (bicyclic) bond motifs is 1. The molecule has 1 aromatic carbocycles. The highest BCUT2D eigenvalue weighted by Gasteiger charge is 2.21. The number of aromatic nitrogens is 2. The minimum Gasteiger partial charge on any atom is -0.369 e. The largest absolute Gasteiger partial charge is 0.369 e. The maximum atomic E-state index is 9.14. The molecule has 1 atom stereocenters. The van der Waals surface area contributed by atoms with Crippen molar-refractivity contribution < 1.29 is 0 Å². The van der Waals surface area contributed by atoms with Crippen LogP contribution in [0.2, 0.25) is 0 Å². The van der Waals surface area contributed by atoms with E-state index < -0.39 is 0 Å². The number of hydrogen-bond acceptors (Lipinski definition) is 3. The average molecular weight is 256 g/mol. The molecule has 0 fully saturated rings. The maximum absolute atomic E-state index is 9.14. The van der Waals surface area contributed by atoms with Crippen LogP contribution in [0, 0.1) is 17.2 Å². The van der Waals surface area contributed by atoms with Crippen molar-refractivity contribution >= 4 is 17.0 Å². The molecule has 1 aromatic heterocycles. The molecule has 1 heterocycles. The number of nitrogens with zero attached hydrogens (tertiary/aromatic N) is 3. The Morgan fingerprint density at radius 2 is 2.05 bits per heavy atom. The summed E-state index contributed by atoms with van der Waals surface area (Å²) in [5.41, 5.74) is 8.31. The molecule has 0 saturated carbocycles. The van der Waals surface area contributed by atoms with Crippen molar-refractivity contribution in [1.29, 1.82) is 5.26 Å². The van der Waals surface area contributed by atoms with Crippen LogP contribution in [-0.4, -0.2) is 9.55 Å². The van der Waals surface area contributed by atoms with Crippen LogP contribution in [0.4, 0.5) is 5.95 Å². The summed E-state index contributed by atoms with van der Waals surface area (Å²) in [6.45, 7) is 6.57. The number of nitrogens with two attached hydrogens (primary N) is 1. The molecule has 0 amide bonds. The first kappa shape index (κ1) is 13.4. The fraction of sp³-hybridized carbons (Fsp3) is 0.467. The van der Waals surface area contributed by atoms with Crippen LogP contribution in [-0.2, 0) is 0 Å². The first-order valence-corrected chi connectivity index (χ1v) is 6.80. The first-order valence-electron chi connectivity index (χ1n) is 6.80. The van der Waals surface area contributed by atoms with Crippen molar-refractivity contribution in [2.75, 3.05) is 5.73 Å². The van der Waals surface area contributed by atoms with Gasteiger partial charge in [0.2, 0.25) is 5.95 Å². The van der Waals surface area contributed by atoms with Gasteiger partial charge in [-0.3, -0.25) is 0 Å². The van der Waals surface area contributed by atoms with E-state index in [0.717, 1.165) is 18.4 Å². The van der Waals surface area contributed by atoms with E-state index in [2.05, 4.69) is 36.4 Å². The van der Waals surface area contributed by atoms with Crippen molar-refractivity contribution in [3.63, 3.8) is 0 Å². The summed E-state index contributed by atoms with van der Waals surface area (Å²) in [5, 5.41) is 9.14. The number of nitrogen functional groups attached to an aromatic ring is 1. The topological polar surface area (TPSA) is 67.6 Å². The van der Waals surface area contributed by atoms with Gasteiger partial charge >= 0.3 is 0 Å². The van der Waals surface area contributed by atoms with E-state index in [1.165, 1.54) is 0 Å². The smallest absolute Gasteiger partial charge is 0.201 e. The molecule has 1 unspecified atom stereocenters. The highest BCUT2D eigenvalue weighted by atomic mass is 15.2. The summed E-state index contributed by atoms with van der Waals surface area (Å²) in [6.07, 6.45) is 2.21. The summed E-state index contributed by atoms with van der Waals surface area (Å²) in [5.74, 6) is 1.06. The number of anilines is 1. The lowest BCUT2D eigenvalue weighted by atomic mass is 9.95. The van der Waals surface area contributed by atoms with Gasteiger partial charge in [0.1, 0.15) is 11.6 Å². The van der Waals surface area contributed by atoms with Crippen LogP contribution in [0.1, 0.15) is 45.2 Å². The Morgan fingerprint density at radius 3 is 2.63 bits per heavy atom. The minimum atomic E-state index is 0.286. The van der Waals surface area contributed by atoms with Gasteiger partial charge in [-0.25, -0.2) is 4.98 Å². The second-order valence-corrected chi connectivity index (χ2v) is 4.94. The zero-order valence-corrected chi connectivity index (χ0v) is 11.7. The van der Waals surface area contributed by atoms with Crippen molar-refractivity contribution in [3.05, 3.63) is 23.8 Å². The normalized spacial score (nSPS) is 12.8. The first-order chi connectivity index (χ1) is 9.13. The zero-order chi connectivity index (χ0) is 14.0. The van der Waals surface area contributed by atoms with Crippen LogP contribution in [0.15, 0.2) is 18.2 Å². The van der Waals surface area contributed by atoms with Gasteiger partial charge in [0, 0.05) is 6.04 Å². The number of rotatable bonds is 4. The standard InChI is InChI=1S/C15H20N4/c1-4-11(5-2)10(3)19-13-8-6-7-12(9-16)14(13)18-15(19)17/h6-8,10-11H,4-5H2,1-3H3,(H2,17,18). The van der Waals surface area contributed by atoms with E-state index in [9.17, 15) is 0 Å². The molecule has 0 aliphatic heterocycles. The Balaban J connectivity index is 2.61. The molecule has 0 aliphatic rings. The van der Waals surface area contributed by atoms with Crippen LogP contribution in [0.3, 0.4) is 0 Å². The molecule has 2 rings (SSSR count). The molecule has 0 saturated heterocycles. The van der Waals surface area contributed by atoms with Gasteiger partial charge < -0.3 is 10.3 Å². The molecule has 4 nitrogen and oxygen atoms in total. The van der Waals surface area contributed by atoms with Crippen LogP contribution >= 0.6 is 0 Å². The zero-order valence-electron chi connectivity index (χ0n) is 11.7. The average Bonchev–Trinajstić information content (AvgIpc) is 2.75. The molecule has 100 valence electrons. The van der Waals surface area contributed by atoms with Gasteiger partial charge in [0.05, 0.1) is 11.1 Å². The Morgan fingerprint density at radius 1 is 1.37 bits per heavy atom. The van der Waals surface area contributed by atoms with Crippen LogP contribution in [0.25, 0.3) is 11.0 Å². The molecule has 2 N–H and O–H groups in total. The lowest BCUT2D eigenvalue weighted by Gasteiger charge is -2.24. The minimum absolute atomic E-state index is 0.286. The molecular weight excluding hydrogens is 236 g/mol. The van der Waals surface area contributed by atoms with E-state index in [0.29, 0.717) is 22.9 Å². The Hall–Kier alpha value is -2.02. The van der Waals surface area contributed by atoms with E-state index in [1.807, 2.05) is 12.1 Å². The number of imidazole rings is 1. The van der Waals surface area contributed by atoms with Crippen molar-refractivity contribution in [2.45, 2.75) is 39.7 Å². The van der Waals surface area contributed by atoms with Gasteiger partial charge in [-0.1, -0.05) is 32.8 Å². The number of hydrogen-bond donors (Lipinski definition) is 1. The summed E-state index contributed by atoms with van der Waals surface area (Å²) >= 11 is 0. The molecule has 0 radical (unpaired) electrons. The quantitative estimate of drug-likeness (QED) is 0.910. The monoisotopic (exact) mass is 256 g/mol. The SMILES string of the molecule is CCC(CC)C(C)n1c(N)nc2c(C#N)cccc21. The third kappa shape index (κ3) is 2.17. The predicted molar refractivity (Wildman–Crippen MR) is 77.6 cm³/mol. The van der Waals surface area contributed by atoms with E-state index in [-0.39, 0.29) is 6.04 Å². The molecule has 0 aliphatic carbocycles. The third-order valence-corrected chi connectivity index (χ3v) is 4.01. The van der Waals surface area contributed by atoms with E-state index >= 15 is 0 Å². The fourth-order valence-electron chi connectivity index (χ4n) is 2.84. The number of para-hydroxylation sites is 1. The summed E-state index contributed by atoms with van der Waals surface area (Å²) in [6, 6.07) is 8.11. The third-order valence-electron chi connectivity index (χ3n) is 4.01. The molecule has 4 heteroatoms. The van der Waals surface area contributed by atoms with Gasteiger partial charge in [-0.15, -0.1) is 0 Å². The van der Waals surface area contributed by atoms with Gasteiger partial charge in [-0.05, 0) is 25.0 Å². The van der Waals surface area contributed by atoms with Crippen LogP contribution < -0.4 is 5.73 Å². The molecule has 19 heavy (non-hydrogen) atoms. The Labute approximate surface area is 113 Å². The molecule has 0 spiro atoms. The molecule has 2 aromatic rings. The Bertz CT molecular complexity index is 617. The van der Waals surface area contributed by atoms with Crippen LogP contribution in [0.5, 0.6) is 0 Å². The molecule has 0 bridgehead atoms. The van der Waals surface area contributed by atoms with Crippen molar-refractivity contribution in [1.82, 2.24) is 9.55 Å². The lowest BCUT2D eigenvalue weighted by molar-refractivity contribution is 0.342. The van der Waals surface area contributed by atoms with Gasteiger partial charge in [0.25, 0.3) is 0 Å². The van der Waals surface area contributed by atoms with Gasteiger partial charge in [0.15, 0.2) is 0 Å². The van der Waals surface area contributed by atoms with Crippen molar-refractivity contribution in [3.8, 4) is 6.07 Å². The van der Waals surface area contributed by atoms with Gasteiger partial charge in [-0.2, -0.15) is 5.26 Å². The second kappa shape index (κ2) is 5.31. The summed E-state index contributed by atoms with van der Waals surface area (Å²) < 4.78 is 2.06.